The zero-order valence-electron chi connectivity index (χ0n) is 18.0. The van der Waals surface area contributed by atoms with Gasteiger partial charge in [0.1, 0.15) is 18.1 Å². The summed E-state index contributed by atoms with van der Waals surface area (Å²) in [6.07, 6.45) is -2.85. The predicted octanol–water partition coefficient (Wildman–Crippen LogP) is -3.37. The Hall–Kier alpha value is -3.26. The number of carbonyl (C=O) groups is 6. The van der Waals surface area contributed by atoms with Crippen molar-refractivity contribution in [3.05, 3.63) is 0 Å². The van der Waals surface area contributed by atoms with Gasteiger partial charge in [-0.05, 0) is 19.3 Å². The molecule has 14 heteroatoms. The number of aliphatic carboxylic acids is 2. The molecule has 4 amide bonds. The second-order valence-electron chi connectivity index (χ2n) is 7.69. The molecule has 0 radical (unpaired) electrons. The number of carboxylic acids is 2. The molecule has 0 aromatic heterocycles. The van der Waals surface area contributed by atoms with E-state index in [1.165, 1.54) is 0 Å². The van der Waals surface area contributed by atoms with Gasteiger partial charge in [-0.15, -0.1) is 0 Å². The highest BCUT2D eigenvalue weighted by atomic mass is 16.4. The number of nitrogens with one attached hydrogen (secondary N) is 3. The molecule has 10 N–H and O–H groups in total. The summed E-state index contributed by atoms with van der Waals surface area (Å²) in [5.74, 6) is -7.04. The van der Waals surface area contributed by atoms with Crippen LogP contribution >= 0.6 is 0 Å². The van der Waals surface area contributed by atoms with Crippen LogP contribution in [0.25, 0.3) is 0 Å². The number of primary amides is 1. The number of amides is 4. The van der Waals surface area contributed by atoms with Gasteiger partial charge < -0.3 is 42.7 Å². The van der Waals surface area contributed by atoms with E-state index in [2.05, 4.69) is 10.6 Å². The summed E-state index contributed by atoms with van der Waals surface area (Å²) < 4.78 is 0. The zero-order valence-corrected chi connectivity index (χ0v) is 18.0. The van der Waals surface area contributed by atoms with Crippen molar-refractivity contribution < 1.29 is 44.1 Å². The summed E-state index contributed by atoms with van der Waals surface area (Å²) in [4.78, 5) is 70.4. The van der Waals surface area contributed by atoms with E-state index in [0.717, 1.165) is 6.92 Å². The molecule has 5 atom stereocenters. The largest absolute Gasteiger partial charge is 0.481 e. The van der Waals surface area contributed by atoms with Crippen LogP contribution in [-0.4, -0.2) is 81.2 Å². The van der Waals surface area contributed by atoms with Gasteiger partial charge in [0.25, 0.3) is 0 Å². The Morgan fingerprint density at radius 1 is 0.812 bits per heavy atom. The first-order valence-electron chi connectivity index (χ1n) is 9.73. The molecule has 14 nitrogen and oxygen atoms in total. The third-order valence-electron chi connectivity index (χ3n) is 4.16. The Labute approximate surface area is 184 Å². The Balaban J connectivity index is 5.45. The van der Waals surface area contributed by atoms with Gasteiger partial charge >= 0.3 is 11.9 Å². The van der Waals surface area contributed by atoms with Crippen molar-refractivity contribution in [2.75, 3.05) is 0 Å². The quantitative estimate of drug-likeness (QED) is 0.127. The van der Waals surface area contributed by atoms with Crippen molar-refractivity contribution in [2.24, 2.45) is 17.4 Å². The zero-order chi connectivity index (χ0) is 25.2. The molecular weight excluding hydrogens is 430 g/mol. The lowest BCUT2D eigenvalue weighted by Gasteiger charge is -2.26. The van der Waals surface area contributed by atoms with E-state index >= 15 is 0 Å². The summed E-state index contributed by atoms with van der Waals surface area (Å²) in [6, 6.07) is -6.06. The SMILES string of the molecule is CC(C)CC(N)C(=O)NC(CC(N)=O)C(=O)NC(C(=O)NC(CC(=O)O)C(=O)O)C(C)O. The number of hydrogen-bond acceptors (Lipinski definition) is 8. The van der Waals surface area contributed by atoms with Crippen LogP contribution in [0.3, 0.4) is 0 Å². The van der Waals surface area contributed by atoms with Crippen LogP contribution in [-0.2, 0) is 28.8 Å². The first-order chi connectivity index (χ1) is 14.6. The molecule has 0 aromatic rings. The lowest BCUT2D eigenvalue weighted by Crippen LogP contribution is -2.60. The molecule has 32 heavy (non-hydrogen) atoms. The number of carbonyl (C=O) groups excluding carboxylic acids is 4. The predicted molar refractivity (Wildman–Crippen MR) is 109 cm³/mol. The highest BCUT2D eigenvalue weighted by Gasteiger charge is 2.33. The van der Waals surface area contributed by atoms with Crippen molar-refractivity contribution in [2.45, 2.75) is 70.3 Å². The fourth-order valence-electron chi connectivity index (χ4n) is 2.60. The van der Waals surface area contributed by atoms with E-state index in [-0.39, 0.29) is 12.3 Å². The highest BCUT2D eigenvalue weighted by Crippen LogP contribution is 2.05. The number of aliphatic hydroxyl groups is 1. The van der Waals surface area contributed by atoms with Crippen molar-refractivity contribution in [3.63, 3.8) is 0 Å². The topological polar surface area (TPSA) is 251 Å². The maximum Gasteiger partial charge on any atom is 0.326 e. The van der Waals surface area contributed by atoms with Crippen molar-refractivity contribution >= 4 is 35.6 Å². The molecule has 0 saturated carbocycles. The van der Waals surface area contributed by atoms with E-state index in [4.69, 9.17) is 21.7 Å². The van der Waals surface area contributed by atoms with E-state index in [1.54, 1.807) is 0 Å². The van der Waals surface area contributed by atoms with Crippen LogP contribution < -0.4 is 27.4 Å². The van der Waals surface area contributed by atoms with Gasteiger partial charge in [0.2, 0.25) is 23.6 Å². The molecule has 0 aromatic carbocycles. The van der Waals surface area contributed by atoms with Crippen molar-refractivity contribution in [1.82, 2.24) is 16.0 Å². The second-order valence-corrected chi connectivity index (χ2v) is 7.69. The molecule has 0 fully saturated rings. The van der Waals surface area contributed by atoms with Crippen LogP contribution in [0.1, 0.15) is 40.0 Å². The average Bonchev–Trinajstić information content (AvgIpc) is 2.62. The lowest BCUT2D eigenvalue weighted by atomic mass is 10.0. The van der Waals surface area contributed by atoms with E-state index in [9.17, 15) is 33.9 Å². The highest BCUT2D eigenvalue weighted by molar-refractivity contribution is 5.96. The van der Waals surface area contributed by atoms with E-state index in [1.807, 2.05) is 19.2 Å². The van der Waals surface area contributed by atoms with E-state index < -0.39 is 78.7 Å². The second kappa shape index (κ2) is 13.2. The molecule has 182 valence electrons. The van der Waals surface area contributed by atoms with Gasteiger partial charge in [0, 0.05) is 0 Å². The summed E-state index contributed by atoms with van der Waals surface area (Å²) in [7, 11) is 0. The number of hydrogen-bond donors (Lipinski definition) is 8. The van der Waals surface area contributed by atoms with Gasteiger partial charge in [-0.1, -0.05) is 13.8 Å². The Bertz CT molecular complexity index is 726. The lowest BCUT2D eigenvalue weighted by molar-refractivity contribution is -0.148. The molecule has 0 rings (SSSR count). The number of carboxylic acid groups (broad SMARTS) is 2. The number of aliphatic hydroxyl groups excluding tert-OH is 1. The average molecular weight is 461 g/mol. The Morgan fingerprint density at radius 3 is 1.75 bits per heavy atom. The Kier molecular flexibility index (Phi) is 11.9. The van der Waals surface area contributed by atoms with Gasteiger partial charge in [0.05, 0.1) is 25.0 Å². The van der Waals surface area contributed by atoms with Crippen molar-refractivity contribution in [1.29, 1.82) is 0 Å². The molecule has 0 heterocycles. The first-order valence-corrected chi connectivity index (χ1v) is 9.73. The standard InChI is InChI=1S/C18H31N5O9/c1-7(2)4-9(19)15(28)21-10(5-12(20)25)16(29)23-14(8(3)24)17(30)22-11(18(31)32)6-13(26)27/h7-11,14,24H,4-6,19H2,1-3H3,(H2,20,25)(H,21,28)(H,22,30)(H,23,29)(H,26,27)(H,31,32). The fourth-order valence-corrected chi connectivity index (χ4v) is 2.60. The molecule has 0 aliphatic heterocycles. The summed E-state index contributed by atoms with van der Waals surface area (Å²) in [5.41, 5.74) is 10.9. The van der Waals surface area contributed by atoms with Crippen LogP contribution in [0.5, 0.6) is 0 Å². The van der Waals surface area contributed by atoms with Crippen LogP contribution in [0.2, 0.25) is 0 Å². The monoisotopic (exact) mass is 461 g/mol. The van der Waals surface area contributed by atoms with Gasteiger partial charge in [-0.2, -0.15) is 0 Å². The van der Waals surface area contributed by atoms with Crippen LogP contribution in [0, 0.1) is 5.92 Å². The molecule has 5 unspecified atom stereocenters. The fraction of sp³-hybridized carbons (Fsp3) is 0.667. The molecule has 0 saturated heterocycles. The number of rotatable bonds is 14. The normalized spacial score (nSPS) is 15.6. The Morgan fingerprint density at radius 2 is 1.34 bits per heavy atom. The first kappa shape index (κ1) is 28.7. The molecule has 0 bridgehead atoms. The van der Waals surface area contributed by atoms with Gasteiger partial charge in [-0.3, -0.25) is 24.0 Å². The summed E-state index contributed by atoms with van der Waals surface area (Å²) in [6.45, 7) is 4.75. The minimum atomic E-state index is -1.83. The maximum atomic E-state index is 12.6. The van der Waals surface area contributed by atoms with E-state index in [0.29, 0.717) is 0 Å². The molecule has 0 aliphatic carbocycles. The molecule has 0 aliphatic rings. The molecular formula is C18H31N5O9. The van der Waals surface area contributed by atoms with Crippen LogP contribution in [0.4, 0.5) is 0 Å². The van der Waals surface area contributed by atoms with Gasteiger partial charge in [0.15, 0.2) is 0 Å². The maximum absolute atomic E-state index is 12.6. The van der Waals surface area contributed by atoms with Crippen LogP contribution in [0.15, 0.2) is 0 Å². The third kappa shape index (κ3) is 10.7. The summed E-state index contributed by atoms with van der Waals surface area (Å²) in [5, 5.41) is 33.9. The van der Waals surface area contributed by atoms with Gasteiger partial charge in [-0.25, -0.2) is 4.79 Å². The van der Waals surface area contributed by atoms with Crippen molar-refractivity contribution in [3.8, 4) is 0 Å². The third-order valence-corrected chi connectivity index (χ3v) is 4.16. The minimum absolute atomic E-state index is 0.0652. The summed E-state index contributed by atoms with van der Waals surface area (Å²) >= 11 is 0. The smallest absolute Gasteiger partial charge is 0.326 e. The molecule has 0 spiro atoms. The minimum Gasteiger partial charge on any atom is -0.481 e. The number of nitrogens with two attached hydrogens (primary N) is 2.